The number of aryl methyl sites for hydroxylation is 1. The molecule has 3 aromatic rings. The summed E-state index contributed by atoms with van der Waals surface area (Å²) in [4.78, 5) is 44.7. The van der Waals surface area contributed by atoms with E-state index in [2.05, 4.69) is 39.9 Å². The SMILES string of the molecule is COC(=O)[C@@H](CCCCN)NC(=O)[C@@H](Cc1c[nH]c2ccccc12)NC(=O)N1CCC2(CCc3ccccc32)CC1. The van der Waals surface area contributed by atoms with Crippen molar-refractivity contribution in [1.82, 2.24) is 20.5 Å². The molecule has 2 aromatic carbocycles. The lowest BCUT2D eigenvalue weighted by Gasteiger charge is -2.40. The number of hydrogen-bond acceptors (Lipinski definition) is 5. The number of benzene rings is 2. The molecule has 0 unspecified atom stereocenters. The van der Waals surface area contributed by atoms with E-state index in [-0.39, 0.29) is 17.9 Å². The highest BCUT2D eigenvalue weighted by atomic mass is 16.5. The first kappa shape index (κ1) is 28.7. The molecule has 1 saturated heterocycles. The minimum atomic E-state index is -0.869. The van der Waals surface area contributed by atoms with Crippen molar-refractivity contribution in [3.05, 3.63) is 71.4 Å². The molecule has 1 spiro atoms. The van der Waals surface area contributed by atoms with Gasteiger partial charge in [-0.2, -0.15) is 0 Å². The van der Waals surface area contributed by atoms with Crippen LogP contribution in [0.4, 0.5) is 4.79 Å². The van der Waals surface area contributed by atoms with E-state index in [0.29, 0.717) is 32.5 Å². The maximum absolute atomic E-state index is 13.6. The number of esters is 1. The molecule has 0 saturated carbocycles. The molecule has 2 heterocycles. The molecule has 0 bridgehead atoms. The van der Waals surface area contributed by atoms with Gasteiger partial charge in [0.25, 0.3) is 0 Å². The third kappa shape index (κ3) is 6.25. The van der Waals surface area contributed by atoms with Crippen LogP contribution in [0, 0.1) is 0 Å². The number of unbranched alkanes of at least 4 members (excludes halogenated alkanes) is 1. The standard InChI is InChI=1S/C32H41N5O4/c1-41-30(39)27(12-6-7-17-33)35-29(38)28(20-23-21-34-26-11-5-3-9-24(23)26)36-31(40)37-18-15-32(16-19-37)14-13-22-8-2-4-10-25(22)32/h2-5,8-11,21,27-28,34H,6-7,12-20,33H2,1H3,(H,35,38)(H,36,40)/t27-,28-/m1/s1. The van der Waals surface area contributed by atoms with E-state index in [1.807, 2.05) is 35.4 Å². The van der Waals surface area contributed by atoms with E-state index in [0.717, 1.165) is 48.6 Å². The first-order chi connectivity index (χ1) is 19.9. The van der Waals surface area contributed by atoms with Crippen molar-refractivity contribution in [3.8, 4) is 0 Å². The number of aromatic amines is 1. The fraction of sp³-hybridized carbons (Fsp3) is 0.469. The summed E-state index contributed by atoms with van der Waals surface area (Å²) in [5.41, 5.74) is 10.5. The Kier molecular flexibility index (Phi) is 8.93. The molecule has 1 fully saturated rings. The number of para-hydroxylation sites is 1. The summed E-state index contributed by atoms with van der Waals surface area (Å²) in [5.74, 6) is -0.921. The molecule has 9 heteroatoms. The number of carbonyl (C=O) groups excluding carboxylic acids is 3. The fourth-order valence-electron chi connectivity index (χ4n) is 6.55. The van der Waals surface area contributed by atoms with Gasteiger partial charge in [-0.1, -0.05) is 42.5 Å². The topological polar surface area (TPSA) is 130 Å². The summed E-state index contributed by atoms with van der Waals surface area (Å²) in [6, 6.07) is 14.6. The van der Waals surface area contributed by atoms with Gasteiger partial charge in [-0.15, -0.1) is 0 Å². The zero-order chi connectivity index (χ0) is 28.8. The Bertz CT molecular complexity index is 1380. The molecule has 0 radical (unpaired) electrons. The monoisotopic (exact) mass is 559 g/mol. The van der Waals surface area contributed by atoms with Crippen molar-refractivity contribution in [2.75, 3.05) is 26.7 Å². The highest BCUT2D eigenvalue weighted by Crippen LogP contribution is 2.46. The molecule has 3 amide bonds. The fourth-order valence-corrected chi connectivity index (χ4v) is 6.55. The number of carbonyl (C=O) groups is 3. The Hall–Kier alpha value is -3.85. The van der Waals surface area contributed by atoms with Gasteiger partial charge in [0.15, 0.2) is 0 Å². The van der Waals surface area contributed by atoms with Gasteiger partial charge < -0.3 is 31.0 Å². The van der Waals surface area contributed by atoms with Crippen LogP contribution in [0.3, 0.4) is 0 Å². The van der Waals surface area contributed by atoms with Crippen LogP contribution in [-0.2, 0) is 32.6 Å². The van der Waals surface area contributed by atoms with Gasteiger partial charge >= 0.3 is 12.0 Å². The van der Waals surface area contributed by atoms with Crippen molar-refractivity contribution in [2.24, 2.45) is 5.73 Å². The van der Waals surface area contributed by atoms with Crippen LogP contribution in [0.1, 0.15) is 55.2 Å². The van der Waals surface area contributed by atoms with E-state index in [1.54, 1.807) is 0 Å². The molecule has 5 rings (SSSR count). The number of likely N-dealkylation sites (tertiary alicyclic amines) is 1. The van der Waals surface area contributed by atoms with Gasteiger partial charge in [-0.25, -0.2) is 9.59 Å². The Morgan fingerprint density at radius 1 is 1.00 bits per heavy atom. The summed E-state index contributed by atoms with van der Waals surface area (Å²) in [6.45, 7) is 1.76. The molecule has 1 aromatic heterocycles. The normalized spacial score (nSPS) is 17.2. The number of ether oxygens (including phenoxy) is 1. The quantitative estimate of drug-likeness (QED) is 0.223. The molecule has 1 aliphatic heterocycles. The van der Waals surface area contributed by atoms with E-state index >= 15 is 0 Å². The molecule has 218 valence electrons. The van der Waals surface area contributed by atoms with Gasteiger partial charge in [0.1, 0.15) is 12.1 Å². The Balaban J connectivity index is 1.30. The average Bonchev–Trinajstić information content (AvgIpc) is 3.57. The van der Waals surface area contributed by atoms with Gasteiger partial charge in [0.05, 0.1) is 7.11 Å². The Morgan fingerprint density at radius 2 is 1.76 bits per heavy atom. The van der Waals surface area contributed by atoms with Crippen molar-refractivity contribution in [3.63, 3.8) is 0 Å². The van der Waals surface area contributed by atoms with Gasteiger partial charge in [-0.3, -0.25) is 4.79 Å². The maximum atomic E-state index is 13.6. The number of aromatic nitrogens is 1. The minimum Gasteiger partial charge on any atom is -0.467 e. The lowest BCUT2D eigenvalue weighted by atomic mass is 9.74. The summed E-state index contributed by atoms with van der Waals surface area (Å²) < 4.78 is 4.95. The minimum absolute atomic E-state index is 0.130. The van der Waals surface area contributed by atoms with Crippen LogP contribution >= 0.6 is 0 Å². The number of H-pyrrole nitrogens is 1. The van der Waals surface area contributed by atoms with Crippen molar-refractivity contribution in [1.29, 1.82) is 0 Å². The number of nitrogens with one attached hydrogen (secondary N) is 3. The zero-order valence-electron chi connectivity index (χ0n) is 23.8. The number of piperidine rings is 1. The molecule has 2 aliphatic rings. The molecule has 41 heavy (non-hydrogen) atoms. The average molecular weight is 560 g/mol. The second kappa shape index (κ2) is 12.8. The van der Waals surface area contributed by atoms with Crippen LogP contribution in [0.25, 0.3) is 10.9 Å². The lowest BCUT2D eigenvalue weighted by Crippen LogP contribution is -2.56. The Morgan fingerprint density at radius 3 is 2.54 bits per heavy atom. The van der Waals surface area contributed by atoms with Crippen LogP contribution in [-0.4, -0.2) is 66.6 Å². The second-order valence-electron chi connectivity index (χ2n) is 11.4. The first-order valence-electron chi connectivity index (χ1n) is 14.7. The number of nitrogens with zero attached hydrogens (tertiary/aromatic N) is 1. The van der Waals surface area contributed by atoms with Gasteiger partial charge in [0, 0.05) is 36.6 Å². The van der Waals surface area contributed by atoms with Crippen molar-refractivity contribution in [2.45, 2.75) is 68.9 Å². The van der Waals surface area contributed by atoms with Crippen LogP contribution in [0.5, 0.6) is 0 Å². The number of methoxy groups -OCH3 is 1. The summed E-state index contributed by atoms with van der Waals surface area (Å²) in [7, 11) is 1.31. The van der Waals surface area contributed by atoms with E-state index < -0.39 is 24.0 Å². The molecule has 1 aliphatic carbocycles. The van der Waals surface area contributed by atoms with Crippen LogP contribution in [0.15, 0.2) is 54.7 Å². The van der Waals surface area contributed by atoms with Crippen molar-refractivity contribution >= 4 is 28.8 Å². The molecule has 2 atom stereocenters. The number of nitrogens with two attached hydrogens (primary N) is 1. The second-order valence-corrected chi connectivity index (χ2v) is 11.4. The smallest absolute Gasteiger partial charge is 0.328 e. The van der Waals surface area contributed by atoms with E-state index in [4.69, 9.17) is 10.5 Å². The molecular weight excluding hydrogens is 518 g/mol. The number of rotatable bonds is 10. The van der Waals surface area contributed by atoms with Crippen LogP contribution < -0.4 is 16.4 Å². The molecular formula is C32H41N5O4. The van der Waals surface area contributed by atoms with Gasteiger partial charge in [0.2, 0.25) is 5.91 Å². The highest BCUT2D eigenvalue weighted by molar-refractivity contribution is 5.91. The third-order valence-corrected chi connectivity index (χ3v) is 8.93. The first-order valence-corrected chi connectivity index (χ1v) is 14.7. The third-order valence-electron chi connectivity index (χ3n) is 8.93. The predicted molar refractivity (Wildman–Crippen MR) is 158 cm³/mol. The predicted octanol–water partition coefficient (Wildman–Crippen LogP) is 3.56. The summed E-state index contributed by atoms with van der Waals surface area (Å²) in [5, 5.41) is 6.85. The van der Waals surface area contributed by atoms with Crippen molar-refractivity contribution < 1.29 is 19.1 Å². The lowest BCUT2D eigenvalue weighted by molar-refractivity contribution is -0.145. The van der Waals surface area contributed by atoms with E-state index in [9.17, 15) is 14.4 Å². The summed E-state index contributed by atoms with van der Waals surface area (Å²) >= 11 is 0. The van der Waals surface area contributed by atoms with Gasteiger partial charge in [-0.05, 0) is 79.7 Å². The number of hydrogen-bond donors (Lipinski definition) is 4. The van der Waals surface area contributed by atoms with E-state index in [1.165, 1.54) is 18.2 Å². The zero-order valence-corrected chi connectivity index (χ0v) is 23.8. The highest BCUT2D eigenvalue weighted by Gasteiger charge is 2.42. The Labute approximate surface area is 241 Å². The molecule has 5 N–H and O–H groups in total. The van der Waals surface area contributed by atoms with Crippen LogP contribution in [0.2, 0.25) is 0 Å². The largest absolute Gasteiger partial charge is 0.467 e. The summed E-state index contributed by atoms with van der Waals surface area (Å²) in [6.07, 6.45) is 7.99. The number of urea groups is 1. The number of fused-ring (bicyclic) bond motifs is 3. The number of amides is 3. The maximum Gasteiger partial charge on any atom is 0.328 e. The molecule has 9 nitrogen and oxygen atoms in total.